The summed E-state index contributed by atoms with van der Waals surface area (Å²) in [6.07, 6.45) is -4.77. The molecule has 0 aliphatic rings. The van der Waals surface area contributed by atoms with Crippen LogP contribution in [0.3, 0.4) is 0 Å². The van der Waals surface area contributed by atoms with Gasteiger partial charge in [0, 0.05) is 5.56 Å². The maximum absolute atomic E-state index is 12.8. The quantitative estimate of drug-likeness (QED) is 0.859. The van der Waals surface area contributed by atoms with Crippen LogP contribution in [0.2, 0.25) is 10.0 Å². The van der Waals surface area contributed by atoms with Gasteiger partial charge >= 0.3 is 12.1 Å². The Morgan fingerprint density at radius 1 is 1.19 bits per heavy atom. The van der Waals surface area contributed by atoms with Gasteiger partial charge in [-0.1, -0.05) is 35.3 Å². The van der Waals surface area contributed by atoms with Crippen LogP contribution in [-0.4, -0.2) is 16.1 Å². The minimum atomic E-state index is -4.77. The number of aromatic carboxylic acids is 1. The van der Waals surface area contributed by atoms with Gasteiger partial charge in [0.2, 0.25) is 0 Å². The second-order valence-electron chi connectivity index (χ2n) is 4.03. The van der Waals surface area contributed by atoms with Crippen molar-refractivity contribution in [1.29, 1.82) is 0 Å². The first-order chi connectivity index (χ1) is 9.70. The Kier molecular flexibility index (Phi) is 4.11. The lowest BCUT2D eigenvalue weighted by Crippen LogP contribution is -2.11. The molecule has 110 valence electrons. The standard InChI is InChI=1S/C13H6Cl2F3NO2/c14-8-3-1-2-7(11(8)15)9-4-6(12(20)21)5-10(19-9)13(16,17)18/h1-5H,(H,20,21). The second kappa shape index (κ2) is 5.54. The average Bonchev–Trinajstić information content (AvgIpc) is 2.40. The predicted octanol–water partition coefficient (Wildman–Crippen LogP) is 4.77. The third-order valence-corrected chi connectivity index (χ3v) is 3.41. The van der Waals surface area contributed by atoms with E-state index in [9.17, 15) is 18.0 Å². The Hall–Kier alpha value is -1.79. The molecule has 0 radical (unpaired) electrons. The molecule has 2 aromatic rings. The third kappa shape index (κ3) is 3.28. The number of pyridine rings is 1. The lowest BCUT2D eigenvalue weighted by atomic mass is 10.1. The van der Waals surface area contributed by atoms with Crippen molar-refractivity contribution in [3.05, 3.63) is 51.6 Å². The Morgan fingerprint density at radius 2 is 1.86 bits per heavy atom. The van der Waals surface area contributed by atoms with Crippen LogP contribution < -0.4 is 0 Å². The molecule has 0 bridgehead atoms. The molecule has 0 saturated heterocycles. The molecule has 0 fully saturated rings. The van der Waals surface area contributed by atoms with Crippen LogP contribution in [0.25, 0.3) is 11.3 Å². The maximum Gasteiger partial charge on any atom is 0.433 e. The first-order valence-electron chi connectivity index (χ1n) is 5.47. The summed E-state index contributed by atoms with van der Waals surface area (Å²) in [6.45, 7) is 0. The van der Waals surface area contributed by atoms with Crippen LogP contribution in [-0.2, 0) is 6.18 Å². The predicted molar refractivity (Wildman–Crippen MR) is 71.7 cm³/mol. The number of carboxylic acid groups (broad SMARTS) is 1. The van der Waals surface area contributed by atoms with Gasteiger partial charge in [0.05, 0.1) is 21.3 Å². The van der Waals surface area contributed by atoms with E-state index < -0.39 is 23.4 Å². The van der Waals surface area contributed by atoms with E-state index in [-0.39, 0.29) is 21.3 Å². The van der Waals surface area contributed by atoms with Crippen LogP contribution in [0.15, 0.2) is 30.3 Å². The normalized spacial score (nSPS) is 11.5. The van der Waals surface area contributed by atoms with E-state index in [4.69, 9.17) is 28.3 Å². The van der Waals surface area contributed by atoms with E-state index >= 15 is 0 Å². The lowest BCUT2D eigenvalue weighted by molar-refractivity contribution is -0.141. The van der Waals surface area contributed by atoms with Crippen LogP contribution in [0, 0.1) is 0 Å². The second-order valence-corrected chi connectivity index (χ2v) is 4.82. The number of hydrogen-bond donors (Lipinski definition) is 1. The zero-order valence-electron chi connectivity index (χ0n) is 10.1. The fourth-order valence-corrected chi connectivity index (χ4v) is 2.04. The highest BCUT2D eigenvalue weighted by molar-refractivity contribution is 6.43. The van der Waals surface area contributed by atoms with Gasteiger partial charge in [0.15, 0.2) is 0 Å². The Bertz CT molecular complexity index is 717. The van der Waals surface area contributed by atoms with Crippen LogP contribution >= 0.6 is 23.2 Å². The van der Waals surface area contributed by atoms with Crippen molar-refractivity contribution < 1.29 is 23.1 Å². The fraction of sp³-hybridized carbons (Fsp3) is 0.0769. The van der Waals surface area contributed by atoms with Crippen molar-refractivity contribution in [3.63, 3.8) is 0 Å². The number of carbonyl (C=O) groups is 1. The Morgan fingerprint density at radius 3 is 2.43 bits per heavy atom. The molecule has 21 heavy (non-hydrogen) atoms. The zero-order chi connectivity index (χ0) is 15.8. The molecule has 1 aromatic carbocycles. The largest absolute Gasteiger partial charge is 0.478 e. The van der Waals surface area contributed by atoms with Gasteiger partial charge in [-0.3, -0.25) is 0 Å². The number of nitrogens with zero attached hydrogens (tertiary/aromatic N) is 1. The van der Waals surface area contributed by atoms with Crippen molar-refractivity contribution >= 4 is 29.2 Å². The zero-order valence-corrected chi connectivity index (χ0v) is 11.6. The van der Waals surface area contributed by atoms with Crippen molar-refractivity contribution in [2.75, 3.05) is 0 Å². The fourth-order valence-electron chi connectivity index (χ4n) is 1.64. The number of alkyl halides is 3. The van der Waals surface area contributed by atoms with Gasteiger partial charge in [-0.2, -0.15) is 13.2 Å². The molecule has 2 rings (SSSR count). The molecule has 1 aromatic heterocycles. The number of hydrogen-bond acceptors (Lipinski definition) is 2. The Labute approximate surface area is 126 Å². The Balaban J connectivity index is 2.71. The molecule has 0 amide bonds. The summed E-state index contributed by atoms with van der Waals surface area (Å²) in [5, 5.41) is 9.05. The summed E-state index contributed by atoms with van der Waals surface area (Å²) in [7, 11) is 0. The third-order valence-electron chi connectivity index (χ3n) is 2.59. The van der Waals surface area contributed by atoms with E-state index in [0.717, 1.165) is 6.07 Å². The SMILES string of the molecule is O=C(O)c1cc(-c2cccc(Cl)c2Cl)nc(C(F)(F)F)c1. The molecule has 0 aliphatic heterocycles. The molecular formula is C13H6Cl2F3NO2. The van der Waals surface area contributed by atoms with E-state index in [1.807, 2.05) is 0 Å². The summed E-state index contributed by atoms with van der Waals surface area (Å²) < 4.78 is 38.4. The molecule has 8 heteroatoms. The molecule has 0 atom stereocenters. The average molecular weight is 336 g/mol. The van der Waals surface area contributed by atoms with Gasteiger partial charge < -0.3 is 5.11 Å². The van der Waals surface area contributed by atoms with E-state index in [2.05, 4.69) is 4.98 Å². The van der Waals surface area contributed by atoms with E-state index in [1.165, 1.54) is 18.2 Å². The van der Waals surface area contributed by atoms with Gasteiger partial charge in [0.25, 0.3) is 0 Å². The van der Waals surface area contributed by atoms with Crippen LogP contribution in [0.4, 0.5) is 13.2 Å². The van der Waals surface area contributed by atoms with Crippen molar-refractivity contribution in [2.45, 2.75) is 6.18 Å². The molecule has 0 saturated carbocycles. The smallest absolute Gasteiger partial charge is 0.433 e. The van der Waals surface area contributed by atoms with Crippen molar-refractivity contribution in [1.82, 2.24) is 4.98 Å². The van der Waals surface area contributed by atoms with E-state index in [0.29, 0.717) is 6.07 Å². The molecular weight excluding hydrogens is 330 g/mol. The number of halogens is 5. The summed E-state index contributed by atoms with van der Waals surface area (Å²) in [5.41, 5.74) is -1.94. The highest BCUT2D eigenvalue weighted by Gasteiger charge is 2.34. The monoisotopic (exact) mass is 335 g/mol. The highest BCUT2D eigenvalue weighted by Crippen LogP contribution is 2.35. The molecule has 1 heterocycles. The molecule has 1 N–H and O–H groups in total. The first-order valence-corrected chi connectivity index (χ1v) is 6.22. The molecule has 0 spiro atoms. The van der Waals surface area contributed by atoms with E-state index in [1.54, 1.807) is 0 Å². The lowest BCUT2D eigenvalue weighted by Gasteiger charge is -2.11. The summed E-state index contributed by atoms with van der Waals surface area (Å²) in [6, 6.07) is 5.81. The highest BCUT2D eigenvalue weighted by atomic mass is 35.5. The van der Waals surface area contributed by atoms with Crippen LogP contribution in [0.1, 0.15) is 16.1 Å². The molecule has 0 aliphatic carbocycles. The maximum atomic E-state index is 12.8. The first kappa shape index (κ1) is 15.6. The van der Waals surface area contributed by atoms with Crippen molar-refractivity contribution in [2.24, 2.45) is 0 Å². The number of aromatic nitrogens is 1. The minimum absolute atomic E-state index is 0.00216. The summed E-state index contributed by atoms with van der Waals surface area (Å²) >= 11 is 11.7. The van der Waals surface area contributed by atoms with Crippen LogP contribution in [0.5, 0.6) is 0 Å². The summed E-state index contributed by atoms with van der Waals surface area (Å²) in [4.78, 5) is 14.4. The van der Waals surface area contributed by atoms with Gasteiger partial charge in [0.1, 0.15) is 5.69 Å². The number of carboxylic acids is 1. The molecule has 0 unspecified atom stereocenters. The molecule has 3 nitrogen and oxygen atoms in total. The number of benzene rings is 1. The van der Waals surface area contributed by atoms with Gasteiger partial charge in [-0.15, -0.1) is 0 Å². The van der Waals surface area contributed by atoms with Gasteiger partial charge in [-0.25, -0.2) is 9.78 Å². The minimum Gasteiger partial charge on any atom is -0.478 e. The van der Waals surface area contributed by atoms with Gasteiger partial charge in [-0.05, 0) is 18.2 Å². The topological polar surface area (TPSA) is 50.2 Å². The van der Waals surface area contributed by atoms with Crippen molar-refractivity contribution in [3.8, 4) is 11.3 Å². The number of rotatable bonds is 2. The summed E-state index contributed by atoms with van der Waals surface area (Å²) in [5.74, 6) is -1.50.